The molecule has 0 aliphatic heterocycles. The van der Waals surface area contributed by atoms with Gasteiger partial charge in [-0.1, -0.05) is 109 Å². The quantitative estimate of drug-likeness (QED) is 0.176. The zero-order valence-electron chi connectivity index (χ0n) is 28.1. The van der Waals surface area contributed by atoms with Crippen molar-refractivity contribution >= 4 is 92.2 Å². The number of hydrogen-bond acceptors (Lipinski definition) is 2. The molecule has 0 spiro atoms. The van der Waals surface area contributed by atoms with Gasteiger partial charge in [-0.2, -0.15) is 0 Å². The standard InChI is InChI=1S/C48H31N3S/c1-4-14-32(15-5-1)49(33-16-6-2-7-17-33)35-25-29-44-42(30-35)40-27-28-41-39-21-11-13-23-46(39)52-48(41)47(40)51(44)36-24-26-38-37-20-10-12-22-43(37)50(45(38)31-36)34-18-8-3-9-19-34/h1-31H. The van der Waals surface area contributed by atoms with Crippen molar-refractivity contribution in [3.63, 3.8) is 0 Å². The minimum Gasteiger partial charge on any atom is -0.310 e. The van der Waals surface area contributed by atoms with Crippen LogP contribution in [-0.4, -0.2) is 9.13 Å². The molecular formula is C48H31N3S. The highest BCUT2D eigenvalue weighted by Crippen LogP contribution is 2.45. The van der Waals surface area contributed by atoms with Crippen LogP contribution in [0, 0.1) is 0 Å². The van der Waals surface area contributed by atoms with Crippen molar-refractivity contribution in [3.05, 3.63) is 188 Å². The van der Waals surface area contributed by atoms with Gasteiger partial charge >= 0.3 is 0 Å². The van der Waals surface area contributed by atoms with Crippen LogP contribution >= 0.6 is 11.3 Å². The van der Waals surface area contributed by atoms with Crippen molar-refractivity contribution in [2.45, 2.75) is 0 Å². The van der Waals surface area contributed by atoms with Crippen LogP contribution in [-0.2, 0) is 0 Å². The Morgan fingerprint density at radius 3 is 1.71 bits per heavy atom. The second-order valence-electron chi connectivity index (χ2n) is 13.4. The lowest BCUT2D eigenvalue weighted by molar-refractivity contribution is 1.16. The van der Waals surface area contributed by atoms with Crippen LogP contribution in [0.5, 0.6) is 0 Å². The van der Waals surface area contributed by atoms with Crippen LogP contribution in [0.3, 0.4) is 0 Å². The molecule has 0 aliphatic carbocycles. The maximum Gasteiger partial charge on any atom is 0.0719 e. The summed E-state index contributed by atoms with van der Waals surface area (Å²) in [6.45, 7) is 0. The second-order valence-corrected chi connectivity index (χ2v) is 14.4. The van der Waals surface area contributed by atoms with Crippen molar-refractivity contribution in [2.75, 3.05) is 4.90 Å². The topological polar surface area (TPSA) is 13.1 Å². The Morgan fingerprint density at radius 1 is 0.346 bits per heavy atom. The van der Waals surface area contributed by atoms with E-state index in [1.54, 1.807) is 0 Å². The van der Waals surface area contributed by atoms with Crippen LogP contribution in [0.2, 0.25) is 0 Å². The number of anilines is 3. The van der Waals surface area contributed by atoms with E-state index >= 15 is 0 Å². The van der Waals surface area contributed by atoms with Crippen molar-refractivity contribution in [1.82, 2.24) is 9.13 Å². The highest BCUT2D eigenvalue weighted by atomic mass is 32.1. The van der Waals surface area contributed by atoms with Crippen LogP contribution in [0.1, 0.15) is 0 Å². The summed E-state index contributed by atoms with van der Waals surface area (Å²) in [6.07, 6.45) is 0. The number of benzene rings is 8. The lowest BCUT2D eigenvalue weighted by atomic mass is 10.1. The fourth-order valence-electron chi connectivity index (χ4n) is 8.23. The van der Waals surface area contributed by atoms with E-state index in [2.05, 4.69) is 202 Å². The van der Waals surface area contributed by atoms with Gasteiger partial charge in [0, 0.05) is 65.5 Å². The van der Waals surface area contributed by atoms with E-state index in [-0.39, 0.29) is 0 Å². The molecule has 0 fully saturated rings. The van der Waals surface area contributed by atoms with E-state index in [1.165, 1.54) is 63.8 Å². The predicted octanol–water partition coefficient (Wildman–Crippen LogP) is 13.7. The number of thiophene rings is 1. The summed E-state index contributed by atoms with van der Waals surface area (Å²) >= 11 is 1.89. The molecule has 11 aromatic rings. The number of nitrogens with zero attached hydrogens (tertiary/aromatic N) is 3. The van der Waals surface area contributed by atoms with E-state index in [0.717, 1.165) is 28.4 Å². The third kappa shape index (κ3) is 4.31. The highest BCUT2D eigenvalue weighted by molar-refractivity contribution is 7.26. The molecule has 0 bridgehead atoms. The van der Waals surface area contributed by atoms with Crippen molar-refractivity contribution in [2.24, 2.45) is 0 Å². The molecule has 52 heavy (non-hydrogen) atoms. The van der Waals surface area contributed by atoms with E-state index < -0.39 is 0 Å². The van der Waals surface area contributed by atoms with Crippen molar-refractivity contribution < 1.29 is 0 Å². The third-order valence-corrected chi connectivity index (χ3v) is 11.7. The molecule has 0 saturated heterocycles. The first-order valence-corrected chi connectivity index (χ1v) is 18.5. The molecule has 11 rings (SSSR count). The van der Waals surface area contributed by atoms with Gasteiger partial charge in [-0.3, -0.25) is 0 Å². The largest absolute Gasteiger partial charge is 0.310 e. The van der Waals surface area contributed by atoms with E-state index in [0.29, 0.717) is 0 Å². The predicted molar refractivity (Wildman–Crippen MR) is 223 cm³/mol. The summed E-state index contributed by atoms with van der Waals surface area (Å²) < 4.78 is 7.53. The van der Waals surface area contributed by atoms with Gasteiger partial charge in [0.1, 0.15) is 0 Å². The van der Waals surface area contributed by atoms with Crippen LogP contribution in [0.4, 0.5) is 17.1 Å². The third-order valence-electron chi connectivity index (χ3n) is 10.5. The number of fused-ring (bicyclic) bond motifs is 10. The summed E-state index contributed by atoms with van der Waals surface area (Å²) in [5.41, 5.74) is 10.5. The summed E-state index contributed by atoms with van der Waals surface area (Å²) in [5.74, 6) is 0. The van der Waals surface area contributed by atoms with Gasteiger partial charge in [-0.25, -0.2) is 0 Å². The Kier molecular flexibility index (Phi) is 6.42. The molecule has 0 saturated carbocycles. The fraction of sp³-hybridized carbons (Fsp3) is 0. The SMILES string of the molecule is c1ccc(N(c2ccccc2)c2ccc3c(c2)c2ccc4c5ccccc5sc4c2n3-c2ccc3c4ccccc4n(-c4ccccc4)c3c2)cc1. The van der Waals surface area contributed by atoms with E-state index in [9.17, 15) is 0 Å². The van der Waals surface area contributed by atoms with Gasteiger partial charge in [0.25, 0.3) is 0 Å². The van der Waals surface area contributed by atoms with E-state index in [1.807, 2.05) is 11.3 Å². The average molecular weight is 682 g/mol. The van der Waals surface area contributed by atoms with Gasteiger partial charge in [-0.05, 0) is 78.9 Å². The van der Waals surface area contributed by atoms with Gasteiger partial charge in [0.05, 0.1) is 26.8 Å². The first-order chi connectivity index (χ1) is 25.8. The summed E-state index contributed by atoms with van der Waals surface area (Å²) in [6, 6.07) is 68.3. The van der Waals surface area contributed by atoms with Crippen molar-refractivity contribution in [1.29, 1.82) is 0 Å². The Labute approximate surface area is 304 Å². The van der Waals surface area contributed by atoms with Crippen LogP contribution in [0.15, 0.2) is 188 Å². The second kappa shape index (κ2) is 11.5. The molecule has 0 amide bonds. The first kappa shape index (κ1) is 29.1. The maximum absolute atomic E-state index is 2.51. The molecule has 4 heteroatoms. The molecular weight excluding hydrogens is 651 g/mol. The Hall–Kier alpha value is -6.62. The minimum absolute atomic E-state index is 1.13. The molecule has 0 unspecified atom stereocenters. The lowest BCUT2D eigenvalue weighted by Gasteiger charge is -2.25. The molecule has 3 heterocycles. The zero-order chi connectivity index (χ0) is 34.2. The molecule has 0 aliphatic rings. The molecule has 8 aromatic carbocycles. The average Bonchev–Trinajstić information content (AvgIpc) is 3.86. The lowest BCUT2D eigenvalue weighted by Crippen LogP contribution is -2.09. The van der Waals surface area contributed by atoms with Gasteiger partial charge < -0.3 is 14.0 Å². The molecule has 3 nitrogen and oxygen atoms in total. The normalized spacial score (nSPS) is 11.8. The number of para-hydroxylation sites is 4. The minimum atomic E-state index is 1.13. The maximum atomic E-state index is 2.51. The highest BCUT2D eigenvalue weighted by Gasteiger charge is 2.21. The smallest absolute Gasteiger partial charge is 0.0719 e. The zero-order valence-corrected chi connectivity index (χ0v) is 29.0. The number of rotatable bonds is 5. The van der Waals surface area contributed by atoms with Crippen molar-refractivity contribution in [3.8, 4) is 11.4 Å². The summed E-state index contributed by atoms with van der Waals surface area (Å²) in [4.78, 5) is 2.35. The summed E-state index contributed by atoms with van der Waals surface area (Å²) in [5, 5.41) is 7.59. The van der Waals surface area contributed by atoms with Crippen LogP contribution < -0.4 is 4.90 Å². The first-order valence-electron chi connectivity index (χ1n) is 17.7. The fourth-order valence-corrected chi connectivity index (χ4v) is 9.47. The molecule has 244 valence electrons. The monoisotopic (exact) mass is 681 g/mol. The van der Waals surface area contributed by atoms with Crippen LogP contribution in [0.25, 0.3) is 75.2 Å². The Morgan fingerprint density at radius 2 is 0.942 bits per heavy atom. The number of hydrogen-bond donors (Lipinski definition) is 0. The van der Waals surface area contributed by atoms with Gasteiger partial charge in [-0.15, -0.1) is 11.3 Å². The molecule has 3 aromatic heterocycles. The molecule has 0 radical (unpaired) electrons. The number of aromatic nitrogens is 2. The Balaban J connectivity index is 1.24. The molecule has 0 N–H and O–H groups in total. The summed E-state index contributed by atoms with van der Waals surface area (Å²) in [7, 11) is 0. The van der Waals surface area contributed by atoms with E-state index in [4.69, 9.17) is 0 Å². The van der Waals surface area contributed by atoms with Gasteiger partial charge in [0.2, 0.25) is 0 Å². The Bertz CT molecular complexity index is 3080. The molecule has 0 atom stereocenters. The van der Waals surface area contributed by atoms with Gasteiger partial charge in [0.15, 0.2) is 0 Å².